The Morgan fingerprint density at radius 2 is 1.54 bits per heavy atom. The molecular weight excluding hydrogens is 318 g/mol. The molecule has 0 fully saturated rings. The summed E-state index contributed by atoms with van der Waals surface area (Å²) in [6.07, 6.45) is 0. The van der Waals surface area contributed by atoms with Crippen molar-refractivity contribution in [2.45, 2.75) is 9.92 Å². The first kappa shape index (κ1) is 15.6. The molecule has 0 aliphatic heterocycles. The second kappa shape index (κ2) is 6.87. The van der Waals surface area contributed by atoms with Gasteiger partial charge < -0.3 is 5.11 Å². The summed E-state index contributed by atoms with van der Waals surface area (Å²) in [6.45, 7) is 0. The van der Waals surface area contributed by atoms with Crippen LogP contribution in [0.3, 0.4) is 0 Å². The van der Waals surface area contributed by atoms with E-state index in [-0.39, 0.29) is 5.75 Å². The Morgan fingerprint density at radius 3 is 2.17 bits per heavy atom. The molecule has 3 aromatic rings. The van der Waals surface area contributed by atoms with Crippen molar-refractivity contribution in [3.8, 4) is 29.1 Å². The van der Waals surface area contributed by atoms with Gasteiger partial charge in [-0.15, -0.1) is 0 Å². The topological polar surface area (TPSA) is 80.7 Å². The zero-order valence-electron chi connectivity index (χ0n) is 12.5. The van der Waals surface area contributed by atoms with Crippen LogP contribution in [0.25, 0.3) is 11.3 Å². The van der Waals surface area contributed by atoms with Crippen molar-refractivity contribution in [3.63, 3.8) is 0 Å². The van der Waals surface area contributed by atoms with Gasteiger partial charge in [0.1, 0.15) is 22.9 Å². The summed E-state index contributed by atoms with van der Waals surface area (Å²) in [6, 6.07) is 21.8. The minimum absolute atomic E-state index is 0.143. The van der Waals surface area contributed by atoms with E-state index in [4.69, 9.17) is 0 Å². The van der Waals surface area contributed by atoms with Gasteiger partial charge in [-0.2, -0.15) is 10.5 Å². The zero-order valence-corrected chi connectivity index (χ0v) is 13.3. The molecule has 1 aromatic heterocycles. The van der Waals surface area contributed by atoms with E-state index in [1.165, 1.54) is 11.8 Å². The predicted octanol–water partition coefficient (Wildman–Crippen LogP) is 4.35. The molecule has 0 saturated heterocycles. The third-order valence-electron chi connectivity index (χ3n) is 3.33. The fraction of sp³-hybridized carbons (Fsp3) is 0. The average Bonchev–Trinajstić information content (AvgIpc) is 2.63. The van der Waals surface area contributed by atoms with Crippen LogP contribution >= 0.6 is 11.8 Å². The standard InChI is InChI=1S/C19H11N3OS/c20-11-14-10-15(12-21)19(24-17-4-2-1-3-5-17)22-18(14)13-6-8-16(23)9-7-13/h1-10,23H. The van der Waals surface area contributed by atoms with E-state index in [2.05, 4.69) is 17.1 Å². The maximum absolute atomic E-state index is 9.43. The Bertz CT molecular complexity index is 955. The molecule has 0 amide bonds. The molecular formula is C19H11N3OS. The van der Waals surface area contributed by atoms with E-state index in [9.17, 15) is 15.6 Å². The van der Waals surface area contributed by atoms with Crippen molar-refractivity contribution >= 4 is 11.8 Å². The first-order chi connectivity index (χ1) is 11.7. The van der Waals surface area contributed by atoms with Gasteiger partial charge in [-0.25, -0.2) is 4.98 Å². The lowest BCUT2D eigenvalue weighted by Crippen LogP contribution is -1.95. The fourth-order valence-electron chi connectivity index (χ4n) is 2.18. The number of rotatable bonds is 3. The molecule has 0 spiro atoms. The number of phenols is 1. The molecule has 114 valence electrons. The molecule has 1 heterocycles. The monoisotopic (exact) mass is 329 g/mol. The third kappa shape index (κ3) is 3.22. The van der Waals surface area contributed by atoms with Gasteiger partial charge in [-0.05, 0) is 42.5 Å². The highest BCUT2D eigenvalue weighted by Gasteiger charge is 2.14. The van der Waals surface area contributed by atoms with E-state index >= 15 is 0 Å². The molecule has 0 atom stereocenters. The highest BCUT2D eigenvalue weighted by atomic mass is 32.2. The van der Waals surface area contributed by atoms with E-state index < -0.39 is 0 Å². The van der Waals surface area contributed by atoms with Gasteiger partial charge in [0.2, 0.25) is 0 Å². The van der Waals surface area contributed by atoms with Crippen LogP contribution in [-0.2, 0) is 0 Å². The molecule has 4 nitrogen and oxygen atoms in total. The smallest absolute Gasteiger partial charge is 0.119 e. The minimum atomic E-state index is 0.143. The lowest BCUT2D eigenvalue weighted by atomic mass is 10.1. The van der Waals surface area contributed by atoms with Crippen LogP contribution in [0.2, 0.25) is 0 Å². The molecule has 0 radical (unpaired) electrons. The van der Waals surface area contributed by atoms with Gasteiger partial charge in [0.05, 0.1) is 16.8 Å². The van der Waals surface area contributed by atoms with Crippen molar-refractivity contribution in [2.24, 2.45) is 0 Å². The number of phenolic OH excluding ortho intramolecular Hbond substituents is 1. The Kier molecular flexibility index (Phi) is 4.47. The van der Waals surface area contributed by atoms with Gasteiger partial charge in [0.15, 0.2) is 0 Å². The van der Waals surface area contributed by atoms with E-state index in [0.717, 1.165) is 4.90 Å². The Labute approximate surface area is 143 Å². The van der Waals surface area contributed by atoms with Crippen LogP contribution in [0.5, 0.6) is 5.75 Å². The summed E-state index contributed by atoms with van der Waals surface area (Å²) in [5.74, 6) is 0.143. The van der Waals surface area contributed by atoms with Crippen LogP contribution < -0.4 is 0 Å². The van der Waals surface area contributed by atoms with Gasteiger partial charge in [0.25, 0.3) is 0 Å². The van der Waals surface area contributed by atoms with E-state index in [1.807, 2.05) is 30.3 Å². The maximum atomic E-state index is 9.43. The summed E-state index contributed by atoms with van der Waals surface area (Å²) in [5, 5.41) is 28.7. The quantitative estimate of drug-likeness (QED) is 0.772. The summed E-state index contributed by atoms with van der Waals surface area (Å²) in [7, 11) is 0. The van der Waals surface area contributed by atoms with Crippen molar-refractivity contribution in [3.05, 3.63) is 71.8 Å². The van der Waals surface area contributed by atoms with E-state index in [0.29, 0.717) is 27.4 Å². The largest absolute Gasteiger partial charge is 0.508 e. The fourth-order valence-corrected chi connectivity index (χ4v) is 3.05. The Balaban J connectivity index is 2.12. The van der Waals surface area contributed by atoms with Crippen LogP contribution in [0.1, 0.15) is 11.1 Å². The van der Waals surface area contributed by atoms with Crippen LogP contribution in [0.4, 0.5) is 0 Å². The van der Waals surface area contributed by atoms with Crippen molar-refractivity contribution in [2.75, 3.05) is 0 Å². The molecule has 0 aliphatic rings. The number of benzene rings is 2. The highest BCUT2D eigenvalue weighted by Crippen LogP contribution is 2.33. The number of hydrogen-bond donors (Lipinski definition) is 1. The summed E-state index contributed by atoms with van der Waals surface area (Å²) >= 11 is 1.38. The number of hydrogen-bond acceptors (Lipinski definition) is 5. The Hall–Kier alpha value is -3.28. The molecule has 24 heavy (non-hydrogen) atoms. The predicted molar refractivity (Wildman–Crippen MR) is 91.3 cm³/mol. The van der Waals surface area contributed by atoms with Gasteiger partial charge in [-0.3, -0.25) is 0 Å². The van der Waals surface area contributed by atoms with Crippen molar-refractivity contribution < 1.29 is 5.11 Å². The summed E-state index contributed by atoms with van der Waals surface area (Å²) in [4.78, 5) is 5.51. The molecule has 0 unspecified atom stereocenters. The SMILES string of the molecule is N#Cc1cc(C#N)c(-c2ccc(O)cc2)nc1Sc1ccccc1. The molecule has 0 bridgehead atoms. The minimum Gasteiger partial charge on any atom is -0.508 e. The van der Waals surface area contributed by atoms with Crippen LogP contribution in [-0.4, -0.2) is 10.1 Å². The molecule has 5 heteroatoms. The molecule has 0 saturated carbocycles. The van der Waals surface area contributed by atoms with Crippen LogP contribution in [0, 0.1) is 22.7 Å². The molecule has 3 rings (SSSR count). The number of aromatic nitrogens is 1. The van der Waals surface area contributed by atoms with Crippen molar-refractivity contribution in [1.82, 2.24) is 4.98 Å². The van der Waals surface area contributed by atoms with Crippen molar-refractivity contribution in [1.29, 1.82) is 10.5 Å². The van der Waals surface area contributed by atoms with Gasteiger partial charge >= 0.3 is 0 Å². The number of nitriles is 2. The molecule has 1 N–H and O–H groups in total. The number of aromatic hydroxyl groups is 1. The first-order valence-electron chi connectivity index (χ1n) is 7.09. The molecule has 2 aromatic carbocycles. The van der Waals surface area contributed by atoms with Gasteiger partial charge in [-0.1, -0.05) is 30.0 Å². The highest BCUT2D eigenvalue weighted by molar-refractivity contribution is 7.99. The second-order valence-electron chi connectivity index (χ2n) is 4.92. The maximum Gasteiger partial charge on any atom is 0.119 e. The average molecular weight is 329 g/mol. The normalized spacial score (nSPS) is 9.92. The zero-order chi connectivity index (χ0) is 16.9. The lowest BCUT2D eigenvalue weighted by Gasteiger charge is -2.09. The first-order valence-corrected chi connectivity index (χ1v) is 7.90. The summed E-state index contributed by atoms with van der Waals surface area (Å²) in [5.41, 5.74) is 1.90. The Morgan fingerprint density at radius 1 is 0.875 bits per heavy atom. The summed E-state index contributed by atoms with van der Waals surface area (Å²) < 4.78 is 0. The lowest BCUT2D eigenvalue weighted by molar-refractivity contribution is 0.475. The second-order valence-corrected chi connectivity index (χ2v) is 5.99. The third-order valence-corrected chi connectivity index (χ3v) is 4.34. The molecule has 0 aliphatic carbocycles. The number of nitrogens with zero attached hydrogens (tertiary/aromatic N) is 3. The van der Waals surface area contributed by atoms with E-state index in [1.54, 1.807) is 30.3 Å². The number of pyridine rings is 1. The van der Waals surface area contributed by atoms with Gasteiger partial charge in [0, 0.05) is 10.5 Å². The van der Waals surface area contributed by atoms with Crippen LogP contribution in [0.15, 0.2) is 70.6 Å².